The third-order valence-electron chi connectivity index (χ3n) is 4.50. The normalized spacial score (nSPS) is 18.9. The Labute approximate surface area is 135 Å². The number of hydrogen-bond donors (Lipinski definition) is 1. The number of carbonyl (C=O) groups excluding carboxylic acids is 1. The third kappa shape index (κ3) is 2.77. The maximum Gasteiger partial charge on any atom is 0.231 e. The van der Waals surface area contributed by atoms with Crippen molar-refractivity contribution in [2.75, 3.05) is 18.5 Å². The van der Waals surface area contributed by atoms with Crippen molar-refractivity contribution in [2.24, 2.45) is 0 Å². The molecule has 0 radical (unpaired) electrons. The van der Waals surface area contributed by atoms with Crippen LogP contribution in [0.15, 0.2) is 42.5 Å². The average Bonchev–Trinajstić information content (AvgIpc) is 2.61. The van der Waals surface area contributed by atoms with Crippen molar-refractivity contribution in [3.8, 4) is 11.5 Å². The van der Waals surface area contributed by atoms with Crippen LogP contribution in [0.25, 0.3) is 0 Å². The highest BCUT2D eigenvalue weighted by molar-refractivity contribution is 5.96. The average molecular weight is 309 g/mol. The molecule has 2 aromatic rings. The molecule has 1 aliphatic carbocycles. The smallest absolute Gasteiger partial charge is 0.231 e. The van der Waals surface area contributed by atoms with E-state index in [1.807, 2.05) is 30.3 Å². The van der Waals surface area contributed by atoms with Crippen LogP contribution in [0, 0.1) is 0 Å². The zero-order valence-electron chi connectivity index (χ0n) is 12.9. The summed E-state index contributed by atoms with van der Waals surface area (Å²) in [5, 5.41) is 3.03. The van der Waals surface area contributed by atoms with Gasteiger partial charge in [-0.1, -0.05) is 24.3 Å². The van der Waals surface area contributed by atoms with Crippen molar-refractivity contribution in [3.05, 3.63) is 53.6 Å². The first-order valence-electron chi connectivity index (χ1n) is 8.09. The Morgan fingerprint density at radius 3 is 2.78 bits per heavy atom. The van der Waals surface area contributed by atoms with Gasteiger partial charge in [0, 0.05) is 11.8 Å². The minimum absolute atomic E-state index is 0.0498. The first-order valence-corrected chi connectivity index (χ1v) is 8.09. The van der Waals surface area contributed by atoms with Crippen molar-refractivity contribution in [2.45, 2.75) is 25.2 Å². The molecular weight excluding hydrogens is 290 g/mol. The van der Waals surface area contributed by atoms with Crippen molar-refractivity contribution in [3.63, 3.8) is 0 Å². The van der Waals surface area contributed by atoms with Crippen LogP contribution in [0.2, 0.25) is 0 Å². The summed E-state index contributed by atoms with van der Waals surface area (Å²) in [6.07, 6.45) is 3.01. The van der Waals surface area contributed by atoms with Crippen molar-refractivity contribution in [1.29, 1.82) is 0 Å². The van der Waals surface area contributed by atoms with Gasteiger partial charge in [0.25, 0.3) is 0 Å². The van der Waals surface area contributed by atoms with Gasteiger partial charge in [-0.05, 0) is 42.5 Å². The van der Waals surface area contributed by atoms with Crippen molar-refractivity contribution < 1.29 is 14.3 Å². The lowest BCUT2D eigenvalue weighted by Gasteiger charge is -2.25. The van der Waals surface area contributed by atoms with Crippen LogP contribution in [0.5, 0.6) is 11.5 Å². The number of hydrogen-bond acceptors (Lipinski definition) is 3. The van der Waals surface area contributed by atoms with E-state index < -0.39 is 0 Å². The van der Waals surface area contributed by atoms with Crippen LogP contribution >= 0.6 is 0 Å². The van der Waals surface area contributed by atoms with Gasteiger partial charge in [0.1, 0.15) is 13.2 Å². The summed E-state index contributed by atoms with van der Waals surface area (Å²) >= 11 is 0. The second kappa shape index (κ2) is 5.95. The first kappa shape index (κ1) is 14.1. The molecule has 1 atom stereocenters. The molecule has 0 fully saturated rings. The van der Waals surface area contributed by atoms with Crippen LogP contribution in [0.1, 0.15) is 29.9 Å². The molecule has 0 bridgehead atoms. The summed E-state index contributed by atoms with van der Waals surface area (Å²) in [4.78, 5) is 12.7. The Hall–Kier alpha value is -2.49. The van der Waals surface area contributed by atoms with Crippen LogP contribution in [0.4, 0.5) is 5.69 Å². The van der Waals surface area contributed by atoms with E-state index in [0.29, 0.717) is 19.0 Å². The van der Waals surface area contributed by atoms with Gasteiger partial charge in [0.05, 0.1) is 5.92 Å². The van der Waals surface area contributed by atoms with E-state index in [0.717, 1.165) is 36.3 Å². The minimum Gasteiger partial charge on any atom is -0.486 e. The van der Waals surface area contributed by atoms with Gasteiger partial charge < -0.3 is 14.8 Å². The predicted molar refractivity (Wildman–Crippen MR) is 88.2 cm³/mol. The summed E-state index contributed by atoms with van der Waals surface area (Å²) in [5.41, 5.74) is 3.21. The van der Waals surface area contributed by atoms with E-state index in [2.05, 4.69) is 17.4 Å². The number of anilines is 1. The number of ether oxygens (including phenoxy) is 2. The van der Waals surface area contributed by atoms with E-state index in [4.69, 9.17) is 9.47 Å². The van der Waals surface area contributed by atoms with Gasteiger partial charge >= 0.3 is 0 Å². The number of fused-ring (bicyclic) bond motifs is 2. The number of rotatable bonds is 2. The molecule has 0 saturated carbocycles. The highest BCUT2D eigenvalue weighted by Crippen LogP contribution is 2.35. The second-order valence-corrected chi connectivity index (χ2v) is 5.99. The summed E-state index contributed by atoms with van der Waals surface area (Å²) in [7, 11) is 0. The molecule has 1 aliphatic heterocycles. The fraction of sp³-hybridized carbons (Fsp3) is 0.316. The molecule has 0 spiro atoms. The number of nitrogens with one attached hydrogen (secondary N) is 1. The van der Waals surface area contributed by atoms with Crippen molar-refractivity contribution in [1.82, 2.24) is 0 Å². The Morgan fingerprint density at radius 1 is 1.04 bits per heavy atom. The molecule has 1 amide bonds. The lowest BCUT2D eigenvalue weighted by Crippen LogP contribution is -2.24. The Kier molecular flexibility index (Phi) is 3.66. The Balaban J connectivity index is 1.55. The van der Waals surface area contributed by atoms with Gasteiger partial charge in [-0.15, -0.1) is 0 Å². The lowest BCUT2D eigenvalue weighted by atomic mass is 9.82. The third-order valence-corrected chi connectivity index (χ3v) is 4.50. The first-order chi connectivity index (χ1) is 11.3. The molecule has 1 N–H and O–H groups in total. The monoisotopic (exact) mass is 309 g/mol. The fourth-order valence-electron chi connectivity index (χ4n) is 3.38. The molecule has 0 saturated heterocycles. The fourth-order valence-corrected chi connectivity index (χ4v) is 3.38. The largest absolute Gasteiger partial charge is 0.486 e. The zero-order chi connectivity index (χ0) is 15.6. The SMILES string of the molecule is O=C(Nc1ccc2c(c1)OCCO2)[C@@H]1CCCc2ccccc21. The molecular formula is C19H19NO3. The topological polar surface area (TPSA) is 47.6 Å². The maximum absolute atomic E-state index is 12.7. The van der Waals surface area contributed by atoms with Gasteiger partial charge in [-0.3, -0.25) is 4.79 Å². The zero-order valence-corrected chi connectivity index (χ0v) is 12.9. The van der Waals surface area contributed by atoms with E-state index in [9.17, 15) is 4.79 Å². The highest BCUT2D eigenvalue weighted by Gasteiger charge is 2.26. The van der Waals surface area contributed by atoms with Gasteiger partial charge in [0.2, 0.25) is 5.91 Å². The molecule has 2 aromatic carbocycles. The van der Waals surface area contributed by atoms with Crippen molar-refractivity contribution >= 4 is 11.6 Å². The molecule has 0 unspecified atom stereocenters. The molecule has 4 heteroatoms. The molecule has 2 aliphatic rings. The highest BCUT2D eigenvalue weighted by atomic mass is 16.6. The standard InChI is InChI=1S/C19H19NO3/c21-19(16-7-3-5-13-4-1-2-6-15(13)16)20-14-8-9-17-18(12-14)23-11-10-22-17/h1-2,4,6,8-9,12,16H,3,5,7,10-11H2,(H,20,21)/t16-/m1/s1. The molecule has 4 rings (SSSR count). The Bertz CT molecular complexity index is 741. The number of carbonyl (C=O) groups is 1. The van der Waals surface area contributed by atoms with E-state index in [-0.39, 0.29) is 11.8 Å². The van der Waals surface area contributed by atoms with E-state index >= 15 is 0 Å². The number of benzene rings is 2. The summed E-state index contributed by atoms with van der Waals surface area (Å²) in [5.74, 6) is 1.40. The molecule has 0 aromatic heterocycles. The molecule has 4 nitrogen and oxygen atoms in total. The van der Waals surface area contributed by atoms with E-state index in [1.54, 1.807) is 0 Å². The lowest BCUT2D eigenvalue weighted by molar-refractivity contribution is -0.117. The van der Waals surface area contributed by atoms with Gasteiger partial charge in [-0.25, -0.2) is 0 Å². The van der Waals surface area contributed by atoms with Crippen LogP contribution in [-0.2, 0) is 11.2 Å². The summed E-state index contributed by atoms with van der Waals surface area (Å²) in [6, 6.07) is 13.8. The molecule has 23 heavy (non-hydrogen) atoms. The molecule has 118 valence electrons. The molecule has 1 heterocycles. The summed E-state index contributed by atoms with van der Waals surface area (Å²) < 4.78 is 11.1. The quantitative estimate of drug-likeness (QED) is 0.923. The van der Waals surface area contributed by atoms with Crippen LogP contribution < -0.4 is 14.8 Å². The van der Waals surface area contributed by atoms with Gasteiger partial charge in [-0.2, -0.15) is 0 Å². The number of aryl methyl sites for hydroxylation is 1. The Morgan fingerprint density at radius 2 is 1.87 bits per heavy atom. The maximum atomic E-state index is 12.7. The predicted octanol–water partition coefficient (Wildman–Crippen LogP) is 3.52. The summed E-state index contributed by atoms with van der Waals surface area (Å²) in [6.45, 7) is 1.11. The van der Waals surface area contributed by atoms with Crippen LogP contribution in [0.3, 0.4) is 0 Å². The number of amides is 1. The minimum atomic E-state index is -0.0758. The van der Waals surface area contributed by atoms with Crippen LogP contribution in [-0.4, -0.2) is 19.1 Å². The second-order valence-electron chi connectivity index (χ2n) is 5.99. The van der Waals surface area contributed by atoms with E-state index in [1.165, 1.54) is 5.56 Å². The van der Waals surface area contributed by atoms with Gasteiger partial charge in [0.15, 0.2) is 11.5 Å².